The molecule has 1 saturated carbocycles. The summed E-state index contributed by atoms with van der Waals surface area (Å²) in [6.07, 6.45) is 2.43. The lowest BCUT2D eigenvalue weighted by atomic mass is 9.89. The molecule has 0 spiro atoms. The normalized spacial score (nSPS) is 23.0. The van der Waals surface area contributed by atoms with Gasteiger partial charge in [0.25, 0.3) is 0 Å². The molecule has 0 saturated heterocycles. The van der Waals surface area contributed by atoms with E-state index in [1.165, 1.54) is 0 Å². The fourth-order valence-electron chi connectivity index (χ4n) is 2.05. The van der Waals surface area contributed by atoms with E-state index in [1.807, 2.05) is 18.2 Å². The minimum Gasteiger partial charge on any atom is -0.493 e. The third kappa shape index (κ3) is 2.93. The molecule has 17 heavy (non-hydrogen) atoms. The van der Waals surface area contributed by atoms with E-state index in [0.29, 0.717) is 12.1 Å². The molecule has 1 aromatic carbocycles. The first kappa shape index (κ1) is 12.7. The molecule has 0 radical (unpaired) electrons. The van der Waals surface area contributed by atoms with Gasteiger partial charge in [-0.3, -0.25) is 0 Å². The second kappa shape index (κ2) is 5.74. The highest BCUT2D eigenvalue weighted by molar-refractivity contribution is 9.10. The van der Waals surface area contributed by atoms with E-state index >= 15 is 0 Å². The summed E-state index contributed by atoms with van der Waals surface area (Å²) in [7, 11) is 1.66. The Bertz CT molecular complexity index is 378. The lowest BCUT2D eigenvalue weighted by Crippen LogP contribution is -2.46. The van der Waals surface area contributed by atoms with Crippen molar-refractivity contribution in [3.8, 4) is 11.5 Å². The van der Waals surface area contributed by atoms with Gasteiger partial charge in [-0.25, -0.2) is 0 Å². The smallest absolute Gasteiger partial charge is 0.175 e. The van der Waals surface area contributed by atoms with E-state index in [9.17, 15) is 0 Å². The number of benzene rings is 1. The number of methoxy groups -OCH3 is 1. The lowest BCUT2D eigenvalue weighted by molar-refractivity contribution is 0.0822. The van der Waals surface area contributed by atoms with Crippen LogP contribution in [0.1, 0.15) is 19.8 Å². The predicted molar refractivity (Wildman–Crippen MR) is 71.8 cm³/mol. The van der Waals surface area contributed by atoms with Gasteiger partial charge in [-0.05, 0) is 47.4 Å². The zero-order valence-corrected chi connectivity index (χ0v) is 11.8. The van der Waals surface area contributed by atoms with Crippen LogP contribution in [0.15, 0.2) is 22.7 Å². The Kier molecular flexibility index (Phi) is 4.29. The second-order valence-corrected chi connectivity index (χ2v) is 5.09. The molecule has 4 heteroatoms. The molecule has 0 aromatic heterocycles. The van der Waals surface area contributed by atoms with Crippen LogP contribution in [0, 0.1) is 0 Å². The molecule has 0 amide bonds. The zero-order chi connectivity index (χ0) is 12.3. The Hall–Kier alpha value is -0.740. The number of halogens is 1. The Balaban J connectivity index is 1.96. The maximum atomic E-state index is 5.97. The predicted octanol–water partition coefficient (Wildman–Crippen LogP) is 2.98. The summed E-state index contributed by atoms with van der Waals surface area (Å²) in [5.41, 5.74) is 0. The molecule has 1 fully saturated rings. The molecule has 0 heterocycles. The molecular formula is C13H18BrNO2. The SMILES string of the molecule is CCNC1CC(Oc2c(Br)cccc2OC)C1. The van der Waals surface area contributed by atoms with Crippen molar-refractivity contribution < 1.29 is 9.47 Å². The number of rotatable bonds is 5. The largest absolute Gasteiger partial charge is 0.493 e. The molecule has 0 atom stereocenters. The summed E-state index contributed by atoms with van der Waals surface area (Å²) in [4.78, 5) is 0. The van der Waals surface area contributed by atoms with Gasteiger partial charge in [0.15, 0.2) is 11.5 Å². The highest BCUT2D eigenvalue weighted by Crippen LogP contribution is 2.38. The van der Waals surface area contributed by atoms with Gasteiger partial charge in [-0.1, -0.05) is 13.0 Å². The molecular weight excluding hydrogens is 282 g/mol. The van der Waals surface area contributed by atoms with Crippen molar-refractivity contribution in [1.29, 1.82) is 0 Å². The summed E-state index contributed by atoms with van der Waals surface area (Å²) < 4.78 is 12.2. The van der Waals surface area contributed by atoms with Gasteiger partial charge in [0.2, 0.25) is 0 Å². The summed E-state index contributed by atoms with van der Waals surface area (Å²) in [5.74, 6) is 1.60. The Morgan fingerprint density at radius 2 is 2.18 bits per heavy atom. The monoisotopic (exact) mass is 299 g/mol. The van der Waals surface area contributed by atoms with Gasteiger partial charge in [-0.15, -0.1) is 0 Å². The van der Waals surface area contributed by atoms with Crippen LogP contribution in [0.5, 0.6) is 11.5 Å². The third-order valence-electron chi connectivity index (χ3n) is 3.02. The number of hydrogen-bond donors (Lipinski definition) is 1. The minimum absolute atomic E-state index is 0.298. The van der Waals surface area contributed by atoms with Gasteiger partial charge >= 0.3 is 0 Å². The maximum absolute atomic E-state index is 5.97. The molecule has 1 aliphatic carbocycles. The first-order valence-electron chi connectivity index (χ1n) is 5.97. The Morgan fingerprint density at radius 3 is 2.82 bits per heavy atom. The minimum atomic E-state index is 0.298. The summed E-state index contributed by atoms with van der Waals surface area (Å²) in [6.45, 7) is 3.15. The molecule has 0 aliphatic heterocycles. The van der Waals surface area contributed by atoms with Gasteiger partial charge in [0.05, 0.1) is 11.6 Å². The second-order valence-electron chi connectivity index (χ2n) is 4.24. The standard InChI is InChI=1S/C13H18BrNO2/c1-3-15-9-7-10(8-9)17-13-11(14)5-4-6-12(13)16-2/h4-6,9-10,15H,3,7-8H2,1-2H3. The van der Waals surface area contributed by atoms with Gasteiger partial charge in [0.1, 0.15) is 6.10 Å². The molecule has 1 aliphatic rings. The molecule has 94 valence electrons. The number of para-hydroxylation sites is 1. The first-order chi connectivity index (χ1) is 8.24. The van der Waals surface area contributed by atoms with Crippen LogP contribution < -0.4 is 14.8 Å². The number of hydrogen-bond acceptors (Lipinski definition) is 3. The number of ether oxygens (including phenoxy) is 2. The fraction of sp³-hybridized carbons (Fsp3) is 0.538. The van der Waals surface area contributed by atoms with E-state index in [0.717, 1.165) is 35.4 Å². The molecule has 1 N–H and O–H groups in total. The van der Waals surface area contributed by atoms with E-state index < -0.39 is 0 Å². The van der Waals surface area contributed by atoms with Crippen LogP contribution in [0.2, 0.25) is 0 Å². The summed E-state index contributed by atoms with van der Waals surface area (Å²) >= 11 is 3.49. The Morgan fingerprint density at radius 1 is 1.41 bits per heavy atom. The van der Waals surface area contributed by atoms with Crippen molar-refractivity contribution in [2.75, 3.05) is 13.7 Å². The third-order valence-corrected chi connectivity index (χ3v) is 3.65. The fourth-order valence-corrected chi connectivity index (χ4v) is 2.49. The van der Waals surface area contributed by atoms with Crippen LogP contribution in [0.4, 0.5) is 0 Å². The summed E-state index contributed by atoms with van der Waals surface area (Å²) in [6, 6.07) is 6.44. The molecule has 0 unspecified atom stereocenters. The molecule has 2 rings (SSSR count). The topological polar surface area (TPSA) is 30.5 Å². The van der Waals surface area contributed by atoms with Crippen LogP contribution >= 0.6 is 15.9 Å². The van der Waals surface area contributed by atoms with Crippen molar-refractivity contribution in [2.45, 2.75) is 31.9 Å². The average molecular weight is 300 g/mol. The van der Waals surface area contributed by atoms with Crippen molar-refractivity contribution in [1.82, 2.24) is 5.32 Å². The average Bonchev–Trinajstić information content (AvgIpc) is 2.28. The highest BCUT2D eigenvalue weighted by atomic mass is 79.9. The van der Waals surface area contributed by atoms with Gasteiger partial charge in [0, 0.05) is 6.04 Å². The quantitative estimate of drug-likeness (QED) is 0.907. The molecule has 0 bridgehead atoms. The Labute approximate surface area is 111 Å². The highest BCUT2D eigenvalue weighted by Gasteiger charge is 2.31. The summed E-state index contributed by atoms with van der Waals surface area (Å²) in [5, 5.41) is 3.42. The van der Waals surface area contributed by atoms with Crippen molar-refractivity contribution in [2.24, 2.45) is 0 Å². The van der Waals surface area contributed by atoms with Crippen LogP contribution in [-0.4, -0.2) is 25.8 Å². The van der Waals surface area contributed by atoms with Crippen LogP contribution in [0.25, 0.3) is 0 Å². The lowest BCUT2D eigenvalue weighted by Gasteiger charge is -2.36. The van der Waals surface area contributed by atoms with Crippen LogP contribution in [0.3, 0.4) is 0 Å². The van der Waals surface area contributed by atoms with E-state index in [4.69, 9.17) is 9.47 Å². The van der Waals surface area contributed by atoms with E-state index in [2.05, 4.69) is 28.2 Å². The van der Waals surface area contributed by atoms with Gasteiger partial charge < -0.3 is 14.8 Å². The van der Waals surface area contributed by atoms with Crippen molar-refractivity contribution in [3.05, 3.63) is 22.7 Å². The van der Waals surface area contributed by atoms with Gasteiger partial charge in [-0.2, -0.15) is 0 Å². The van der Waals surface area contributed by atoms with E-state index in [-0.39, 0.29) is 0 Å². The maximum Gasteiger partial charge on any atom is 0.175 e. The van der Waals surface area contributed by atoms with E-state index in [1.54, 1.807) is 7.11 Å². The molecule has 1 aromatic rings. The molecule has 3 nitrogen and oxygen atoms in total. The van der Waals surface area contributed by atoms with Crippen LogP contribution in [-0.2, 0) is 0 Å². The first-order valence-corrected chi connectivity index (χ1v) is 6.76. The number of nitrogens with one attached hydrogen (secondary N) is 1. The van der Waals surface area contributed by atoms with Crippen molar-refractivity contribution >= 4 is 15.9 Å². The van der Waals surface area contributed by atoms with Crippen molar-refractivity contribution in [3.63, 3.8) is 0 Å². The zero-order valence-electron chi connectivity index (χ0n) is 10.2.